The van der Waals surface area contributed by atoms with Gasteiger partial charge in [0, 0.05) is 32.6 Å². The van der Waals surface area contributed by atoms with Crippen LogP contribution in [0, 0.1) is 12.8 Å². The lowest BCUT2D eigenvalue weighted by atomic mass is 9.97. The molecule has 0 radical (unpaired) electrons. The summed E-state index contributed by atoms with van der Waals surface area (Å²) in [7, 11) is 0. The van der Waals surface area contributed by atoms with E-state index < -0.39 is 29.7 Å². The Labute approximate surface area is 280 Å². The molecule has 0 saturated carbocycles. The number of carbonyl (C=O) groups excluding carboxylic acids is 4. The third kappa shape index (κ3) is 6.45. The highest BCUT2D eigenvalue weighted by atomic mass is 35.5. The molecule has 0 unspecified atom stereocenters. The molecule has 1 atom stereocenters. The Kier molecular flexibility index (Phi) is 9.13. The van der Waals surface area contributed by atoms with Gasteiger partial charge in [0.05, 0.1) is 28.5 Å². The number of fused-ring (bicyclic) bond motifs is 2. The number of aromatic carboxylic acids is 1. The van der Waals surface area contributed by atoms with E-state index in [1.165, 1.54) is 22.8 Å². The van der Waals surface area contributed by atoms with Crippen molar-refractivity contribution in [1.82, 2.24) is 30.1 Å². The van der Waals surface area contributed by atoms with Crippen molar-refractivity contribution in [2.24, 2.45) is 5.92 Å². The lowest BCUT2D eigenvalue weighted by molar-refractivity contribution is -0.130. The topological polar surface area (TPSA) is 175 Å². The number of benzene rings is 2. The summed E-state index contributed by atoms with van der Waals surface area (Å²) >= 11 is 6.25. The van der Waals surface area contributed by atoms with Gasteiger partial charge in [0.15, 0.2) is 5.65 Å². The number of carboxylic acid groups (broad SMARTS) is 1. The van der Waals surface area contributed by atoms with Crippen molar-refractivity contribution >= 4 is 52.5 Å². The Bertz CT molecular complexity index is 1970. The molecule has 2 aliphatic rings. The fourth-order valence-corrected chi connectivity index (χ4v) is 6.61. The molecule has 1 aliphatic heterocycles. The van der Waals surface area contributed by atoms with Crippen molar-refractivity contribution in [3.05, 3.63) is 92.9 Å². The van der Waals surface area contributed by atoms with E-state index in [2.05, 4.69) is 26.0 Å². The molecule has 1 saturated heterocycles. The smallest absolute Gasteiger partial charge is 0.335 e. The molecular weight excluding hydrogens is 638 g/mol. The number of halogens is 1. The molecule has 4 N–H and O–H groups in total. The van der Waals surface area contributed by atoms with Crippen LogP contribution >= 0.6 is 11.6 Å². The highest BCUT2D eigenvalue weighted by molar-refractivity contribution is 6.34. The number of piperidine rings is 1. The molecule has 0 spiro atoms. The van der Waals surface area contributed by atoms with Crippen molar-refractivity contribution in [2.45, 2.75) is 45.6 Å². The van der Waals surface area contributed by atoms with Crippen LogP contribution in [0.2, 0.25) is 5.02 Å². The first-order chi connectivity index (χ1) is 23.0. The molecule has 13 nitrogen and oxygen atoms in total. The molecule has 1 fully saturated rings. The maximum Gasteiger partial charge on any atom is 0.335 e. The summed E-state index contributed by atoms with van der Waals surface area (Å²) in [6.45, 7) is 4.89. The van der Waals surface area contributed by atoms with Gasteiger partial charge in [0.2, 0.25) is 5.91 Å². The van der Waals surface area contributed by atoms with Crippen LogP contribution in [-0.4, -0.2) is 73.8 Å². The van der Waals surface area contributed by atoms with Crippen LogP contribution in [0.4, 0.5) is 5.69 Å². The minimum atomic E-state index is -1.01. The summed E-state index contributed by atoms with van der Waals surface area (Å²) < 4.78 is 1.22. The van der Waals surface area contributed by atoms with Crippen LogP contribution in [0.5, 0.6) is 0 Å². The van der Waals surface area contributed by atoms with E-state index in [9.17, 15) is 29.1 Å². The van der Waals surface area contributed by atoms with Gasteiger partial charge in [-0.05, 0) is 73.4 Å². The van der Waals surface area contributed by atoms with E-state index in [0.717, 1.165) is 24.0 Å². The van der Waals surface area contributed by atoms with Gasteiger partial charge in [0.1, 0.15) is 17.0 Å². The number of likely N-dealkylation sites (tertiary alicyclic amines) is 1. The predicted molar refractivity (Wildman–Crippen MR) is 176 cm³/mol. The number of nitrogens with one attached hydrogen (secondary N) is 3. The first-order valence-corrected chi connectivity index (χ1v) is 16.0. The molecule has 248 valence electrons. The number of para-hydroxylation sites is 1. The summed E-state index contributed by atoms with van der Waals surface area (Å²) in [6, 6.07) is 10.9. The number of aromatic nitrogens is 3. The van der Waals surface area contributed by atoms with Gasteiger partial charge in [-0.2, -0.15) is 5.10 Å². The minimum absolute atomic E-state index is 0.000821. The summed E-state index contributed by atoms with van der Waals surface area (Å²) in [4.78, 5) is 70.4. The lowest BCUT2D eigenvalue weighted by Gasteiger charge is -2.31. The van der Waals surface area contributed by atoms with Crippen LogP contribution in [0.15, 0.2) is 48.7 Å². The van der Waals surface area contributed by atoms with E-state index >= 15 is 0 Å². The zero-order valence-corrected chi connectivity index (χ0v) is 27.1. The number of hydrogen-bond acceptors (Lipinski definition) is 7. The quantitative estimate of drug-likeness (QED) is 0.217. The largest absolute Gasteiger partial charge is 0.478 e. The Hall–Kier alpha value is -5.30. The number of anilines is 1. The summed E-state index contributed by atoms with van der Waals surface area (Å²) in [5, 5.41) is 22.8. The molecular formula is C34H34ClN7O6. The highest BCUT2D eigenvalue weighted by Gasteiger charge is 2.30. The third-order valence-electron chi connectivity index (χ3n) is 9.14. The van der Waals surface area contributed by atoms with Gasteiger partial charge in [-0.15, -0.1) is 0 Å². The second-order valence-electron chi connectivity index (χ2n) is 12.1. The van der Waals surface area contributed by atoms with Gasteiger partial charge in [-0.25, -0.2) is 14.3 Å². The van der Waals surface area contributed by atoms with Crippen LogP contribution in [0.1, 0.15) is 90.6 Å². The van der Waals surface area contributed by atoms with Gasteiger partial charge in [0.25, 0.3) is 17.7 Å². The van der Waals surface area contributed by atoms with Gasteiger partial charge >= 0.3 is 5.97 Å². The van der Waals surface area contributed by atoms with E-state index in [1.54, 1.807) is 49.1 Å². The molecule has 0 bridgehead atoms. The first-order valence-electron chi connectivity index (χ1n) is 15.7. The number of hydrogen-bond donors (Lipinski definition) is 4. The first kappa shape index (κ1) is 32.6. The summed E-state index contributed by atoms with van der Waals surface area (Å²) in [5.41, 5.74) is 2.90. The van der Waals surface area contributed by atoms with E-state index in [0.29, 0.717) is 48.7 Å². The van der Waals surface area contributed by atoms with Crippen molar-refractivity contribution in [2.75, 3.05) is 25.0 Å². The molecule has 2 aromatic heterocycles. The van der Waals surface area contributed by atoms with E-state index in [1.807, 2.05) is 0 Å². The number of rotatable bonds is 8. The Morgan fingerprint density at radius 2 is 1.73 bits per heavy atom. The average molecular weight is 672 g/mol. The predicted octanol–water partition coefficient (Wildman–Crippen LogP) is 4.05. The fraction of sp³-hybridized carbons (Fsp3) is 0.324. The molecule has 3 heterocycles. The lowest BCUT2D eigenvalue weighted by Crippen LogP contribution is -2.40. The minimum Gasteiger partial charge on any atom is -0.478 e. The molecule has 48 heavy (non-hydrogen) atoms. The van der Waals surface area contributed by atoms with Crippen molar-refractivity contribution in [3.63, 3.8) is 0 Å². The van der Waals surface area contributed by atoms with Crippen LogP contribution in [0.3, 0.4) is 0 Å². The van der Waals surface area contributed by atoms with Crippen LogP contribution in [-0.2, 0) is 11.2 Å². The van der Waals surface area contributed by atoms with Crippen LogP contribution < -0.4 is 16.0 Å². The van der Waals surface area contributed by atoms with Crippen molar-refractivity contribution in [1.29, 1.82) is 0 Å². The fourth-order valence-electron chi connectivity index (χ4n) is 6.43. The Morgan fingerprint density at radius 3 is 2.44 bits per heavy atom. The maximum atomic E-state index is 13.9. The summed E-state index contributed by atoms with van der Waals surface area (Å²) in [6.07, 6.45) is 3.90. The monoisotopic (exact) mass is 671 g/mol. The Morgan fingerprint density at radius 1 is 0.979 bits per heavy atom. The van der Waals surface area contributed by atoms with Gasteiger partial charge < -0.3 is 26.0 Å². The van der Waals surface area contributed by atoms with Crippen LogP contribution in [0.25, 0.3) is 5.65 Å². The standard InChI is InChI=1S/C34H34ClN7O6/c1-18-21-9-10-26(23(21)8-7-22(18)34(47)48)39-33(46)29-15-28(32(45)36-16-20-11-13-41(14-12-20)19(2)43)38-30-24(17-37-42(29)30)31(44)40-27-6-4-3-5-25(27)35/h3-8,15,17,20,26H,9-14,16H2,1-2H3,(H,36,45)(H,39,46)(H,40,44)(H,47,48)/t26-/m0/s1. The number of amides is 4. The number of nitrogens with zero attached hydrogens (tertiary/aromatic N) is 4. The number of carboxylic acids is 1. The molecule has 2 aromatic carbocycles. The van der Waals surface area contributed by atoms with Crippen molar-refractivity contribution in [3.8, 4) is 0 Å². The zero-order valence-electron chi connectivity index (χ0n) is 26.4. The van der Waals surface area contributed by atoms with E-state index in [-0.39, 0.29) is 40.0 Å². The second-order valence-corrected chi connectivity index (χ2v) is 12.5. The molecule has 6 rings (SSSR count). The summed E-state index contributed by atoms with van der Waals surface area (Å²) in [5.74, 6) is -2.48. The van der Waals surface area contributed by atoms with E-state index in [4.69, 9.17) is 11.6 Å². The van der Waals surface area contributed by atoms with Gasteiger partial charge in [-0.3, -0.25) is 19.2 Å². The highest BCUT2D eigenvalue weighted by Crippen LogP contribution is 2.35. The second kappa shape index (κ2) is 13.4. The normalized spacial score (nSPS) is 16.0. The maximum absolute atomic E-state index is 13.9. The molecule has 4 aromatic rings. The van der Waals surface area contributed by atoms with Gasteiger partial charge in [-0.1, -0.05) is 29.8 Å². The molecule has 14 heteroatoms. The average Bonchev–Trinajstić information content (AvgIpc) is 3.69. The number of carbonyl (C=O) groups is 5. The molecule has 1 aliphatic carbocycles. The zero-order chi connectivity index (χ0) is 34.1. The third-order valence-corrected chi connectivity index (χ3v) is 9.47. The molecule has 4 amide bonds. The van der Waals surface area contributed by atoms with Crippen molar-refractivity contribution < 1.29 is 29.1 Å². The Balaban J connectivity index is 1.29. The SMILES string of the molecule is CC(=O)N1CCC(CNC(=O)c2cc(C(=O)N[C@H]3CCc4c3ccc(C(=O)O)c4C)n3ncc(C(=O)Nc4ccccc4Cl)c3n2)CC1.